The summed E-state index contributed by atoms with van der Waals surface area (Å²) < 4.78 is 37.9. The van der Waals surface area contributed by atoms with E-state index in [2.05, 4.69) is 5.32 Å². The molecule has 1 heterocycles. The standard InChI is InChI=1S/C20H21F2N3O5/c1-29-19-11-18(22)17(21)10-13(19)12-24(14-6-8-23-9-7-14)20(26)30-16-4-2-15(3-5-16)25(27)28/h2-5,10-11,14,23H,6-9,12H2,1H3. The van der Waals surface area contributed by atoms with Gasteiger partial charge >= 0.3 is 6.09 Å². The number of nitro groups is 1. The van der Waals surface area contributed by atoms with Gasteiger partial charge in [-0.2, -0.15) is 0 Å². The second kappa shape index (κ2) is 9.49. The number of benzene rings is 2. The summed E-state index contributed by atoms with van der Waals surface area (Å²) in [6.45, 7) is 1.35. The zero-order valence-electron chi connectivity index (χ0n) is 16.3. The highest BCUT2D eigenvalue weighted by atomic mass is 19.2. The Balaban J connectivity index is 1.84. The molecule has 1 amide bonds. The van der Waals surface area contributed by atoms with Crippen molar-refractivity contribution in [2.75, 3.05) is 20.2 Å². The Morgan fingerprint density at radius 2 is 1.83 bits per heavy atom. The topological polar surface area (TPSA) is 93.9 Å². The summed E-state index contributed by atoms with van der Waals surface area (Å²) in [4.78, 5) is 24.6. The lowest BCUT2D eigenvalue weighted by Crippen LogP contribution is -2.46. The van der Waals surface area contributed by atoms with Gasteiger partial charge in [0.05, 0.1) is 18.6 Å². The molecule has 3 rings (SSSR count). The quantitative estimate of drug-likeness (QED) is 0.565. The minimum atomic E-state index is -1.04. The van der Waals surface area contributed by atoms with Crippen LogP contribution in [0.5, 0.6) is 11.5 Å². The van der Waals surface area contributed by atoms with Gasteiger partial charge in [0.25, 0.3) is 5.69 Å². The number of non-ortho nitro benzene ring substituents is 1. The molecule has 10 heteroatoms. The lowest BCUT2D eigenvalue weighted by molar-refractivity contribution is -0.384. The van der Waals surface area contributed by atoms with E-state index in [0.717, 1.165) is 12.1 Å². The molecule has 2 aromatic rings. The van der Waals surface area contributed by atoms with E-state index >= 15 is 0 Å². The molecular weight excluding hydrogens is 400 g/mol. The number of amides is 1. The Morgan fingerprint density at radius 1 is 1.20 bits per heavy atom. The van der Waals surface area contributed by atoms with E-state index in [1.54, 1.807) is 0 Å². The molecule has 30 heavy (non-hydrogen) atoms. The van der Waals surface area contributed by atoms with Gasteiger partial charge in [0, 0.05) is 29.8 Å². The zero-order valence-corrected chi connectivity index (χ0v) is 16.3. The van der Waals surface area contributed by atoms with E-state index in [1.165, 1.54) is 36.3 Å². The van der Waals surface area contributed by atoms with Crippen LogP contribution in [0.4, 0.5) is 19.3 Å². The van der Waals surface area contributed by atoms with Gasteiger partial charge in [-0.3, -0.25) is 10.1 Å². The van der Waals surface area contributed by atoms with E-state index in [1.807, 2.05) is 0 Å². The molecular formula is C20H21F2N3O5. The number of ether oxygens (including phenoxy) is 2. The van der Waals surface area contributed by atoms with Crippen LogP contribution in [-0.2, 0) is 6.54 Å². The molecule has 1 aliphatic heterocycles. The largest absolute Gasteiger partial charge is 0.496 e. The second-order valence-corrected chi connectivity index (χ2v) is 6.81. The minimum absolute atomic E-state index is 0.0448. The molecule has 0 spiro atoms. The lowest BCUT2D eigenvalue weighted by Gasteiger charge is -2.34. The van der Waals surface area contributed by atoms with Crippen molar-refractivity contribution in [3.8, 4) is 11.5 Å². The normalized spacial score (nSPS) is 14.2. The molecule has 0 aromatic heterocycles. The Morgan fingerprint density at radius 3 is 2.43 bits per heavy atom. The van der Waals surface area contributed by atoms with Gasteiger partial charge in [-0.25, -0.2) is 13.6 Å². The van der Waals surface area contributed by atoms with Crippen molar-refractivity contribution in [2.24, 2.45) is 0 Å². The Bertz CT molecular complexity index is 917. The Labute approximate surface area is 171 Å². The molecule has 0 bridgehead atoms. The van der Waals surface area contributed by atoms with Crippen LogP contribution in [0, 0.1) is 21.7 Å². The van der Waals surface area contributed by atoms with Crippen molar-refractivity contribution >= 4 is 11.8 Å². The molecule has 1 N–H and O–H groups in total. The van der Waals surface area contributed by atoms with Crippen LogP contribution >= 0.6 is 0 Å². The smallest absolute Gasteiger partial charge is 0.415 e. The fourth-order valence-electron chi connectivity index (χ4n) is 3.32. The molecule has 160 valence electrons. The molecule has 0 unspecified atom stereocenters. The molecule has 1 aliphatic rings. The third kappa shape index (κ3) is 5.01. The van der Waals surface area contributed by atoms with Gasteiger partial charge in [-0.1, -0.05) is 0 Å². The maximum absolute atomic E-state index is 13.8. The molecule has 0 aliphatic carbocycles. The monoisotopic (exact) mass is 421 g/mol. The number of carbonyl (C=O) groups excluding carboxylic acids is 1. The first-order valence-corrected chi connectivity index (χ1v) is 9.34. The van der Waals surface area contributed by atoms with Crippen LogP contribution in [0.15, 0.2) is 36.4 Å². The van der Waals surface area contributed by atoms with Crippen LogP contribution < -0.4 is 14.8 Å². The number of hydrogen-bond donors (Lipinski definition) is 1. The van der Waals surface area contributed by atoms with Gasteiger partial charge in [-0.05, 0) is 44.1 Å². The number of piperidine rings is 1. The molecule has 2 aromatic carbocycles. The molecule has 0 saturated carbocycles. The van der Waals surface area contributed by atoms with Crippen molar-refractivity contribution < 1.29 is 28.0 Å². The van der Waals surface area contributed by atoms with E-state index in [4.69, 9.17) is 9.47 Å². The van der Waals surface area contributed by atoms with Gasteiger partial charge < -0.3 is 19.7 Å². The number of nitro benzene ring substituents is 1. The number of rotatable bonds is 6. The van der Waals surface area contributed by atoms with E-state index < -0.39 is 22.7 Å². The zero-order chi connectivity index (χ0) is 21.7. The fraction of sp³-hybridized carbons (Fsp3) is 0.350. The van der Waals surface area contributed by atoms with Crippen LogP contribution in [0.1, 0.15) is 18.4 Å². The summed E-state index contributed by atoms with van der Waals surface area (Å²) in [6.07, 6.45) is 0.616. The number of nitrogens with one attached hydrogen (secondary N) is 1. The van der Waals surface area contributed by atoms with Crippen molar-refractivity contribution in [3.05, 3.63) is 63.7 Å². The second-order valence-electron chi connectivity index (χ2n) is 6.81. The summed E-state index contributed by atoms with van der Waals surface area (Å²) in [7, 11) is 1.33. The average Bonchev–Trinajstić information content (AvgIpc) is 2.75. The molecule has 1 fully saturated rings. The summed E-state index contributed by atoms with van der Waals surface area (Å²) in [5, 5.41) is 14.0. The number of methoxy groups -OCH3 is 1. The molecule has 0 atom stereocenters. The van der Waals surface area contributed by atoms with Crippen molar-refractivity contribution in [1.82, 2.24) is 10.2 Å². The number of halogens is 2. The van der Waals surface area contributed by atoms with Gasteiger partial charge in [-0.15, -0.1) is 0 Å². The van der Waals surface area contributed by atoms with Gasteiger partial charge in [0.15, 0.2) is 11.6 Å². The minimum Gasteiger partial charge on any atom is -0.496 e. The summed E-state index contributed by atoms with van der Waals surface area (Å²) in [5.74, 6) is -1.82. The van der Waals surface area contributed by atoms with Crippen molar-refractivity contribution in [2.45, 2.75) is 25.4 Å². The first-order chi connectivity index (χ1) is 14.4. The summed E-state index contributed by atoms with van der Waals surface area (Å²) >= 11 is 0. The van der Waals surface area contributed by atoms with Crippen LogP contribution in [0.3, 0.4) is 0 Å². The van der Waals surface area contributed by atoms with Crippen LogP contribution in [0.2, 0.25) is 0 Å². The van der Waals surface area contributed by atoms with E-state index in [9.17, 15) is 23.7 Å². The summed E-state index contributed by atoms with van der Waals surface area (Å²) in [5.41, 5.74) is 0.173. The Hall–Kier alpha value is -3.27. The Kier molecular flexibility index (Phi) is 6.78. The van der Waals surface area contributed by atoms with E-state index in [-0.39, 0.29) is 29.8 Å². The van der Waals surface area contributed by atoms with Crippen LogP contribution in [0.25, 0.3) is 0 Å². The predicted molar refractivity (Wildman–Crippen MR) is 103 cm³/mol. The third-order valence-corrected chi connectivity index (χ3v) is 4.90. The van der Waals surface area contributed by atoms with Crippen LogP contribution in [-0.4, -0.2) is 42.2 Å². The van der Waals surface area contributed by atoms with Gasteiger partial charge in [0.2, 0.25) is 0 Å². The molecule has 0 radical (unpaired) electrons. The van der Waals surface area contributed by atoms with E-state index in [0.29, 0.717) is 31.5 Å². The maximum atomic E-state index is 13.8. The average molecular weight is 421 g/mol. The SMILES string of the molecule is COc1cc(F)c(F)cc1CN(C(=O)Oc1ccc([N+](=O)[O-])cc1)C1CCNCC1. The number of hydrogen-bond acceptors (Lipinski definition) is 6. The summed E-state index contributed by atoms with van der Waals surface area (Å²) in [6, 6.07) is 6.87. The first kappa shape index (κ1) is 21.4. The number of carbonyl (C=O) groups is 1. The maximum Gasteiger partial charge on any atom is 0.415 e. The highest BCUT2D eigenvalue weighted by molar-refractivity contribution is 5.71. The number of nitrogens with zero attached hydrogens (tertiary/aromatic N) is 2. The molecule has 1 saturated heterocycles. The van der Waals surface area contributed by atoms with Crippen molar-refractivity contribution in [3.63, 3.8) is 0 Å². The highest BCUT2D eigenvalue weighted by Crippen LogP contribution is 2.27. The predicted octanol–water partition coefficient (Wildman–Crippen LogP) is 3.63. The lowest BCUT2D eigenvalue weighted by atomic mass is 10.0. The molecule has 8 nitrogen and oxygen atoms in total. The van der Waals surface area contributed by atoms with Gasteiger partial charge in [0.1, 0.15) is 11.5 Å². The fourth-order valence-corrected chi connectivity index (χ4v) is 3.32. The first-order valence-electron chi connectivity index (χ1n) is 9.34. The highest BCUT2D eigenvalue weighted by Gasteiger charge is 2.28. The third-order valence-electron chi connectivity index (χ3n) is 4.90. The van der Waals surface area contributed by atoms with Crippen molar-refractivity contribution in [1.29, 1.82) is 0 Å².